The van der Waals surface area contributed by atoms with E-state index in [1.807, 2.05) is 13.8 Å². The van der Waals surface area contributed by atoms with Gasteiger partial charge in [-0.1, -0.05) is 13.2 Å². The van der Waals surface area contributed by atoms with Gasteiger partial charge >= 0.3 is 0 Å². The monoisotopic (exact) mass is 139 g/mol. The maximum Gasteiger partial charge on any atom is 0.212 e. The van der Waals surface area contributed by atoms with Crippen molar-refractivity contribution in [2.75, 3.05) is 0 Å². The molecule has 0 heterocycles. The molecule has 2 nitrogen and oxygen atoms in total. The van der Waals surface area contributed by atoms with Crippen LogP contribution < -0.4 is 0 Å². The van der Waals surface area contributed by atoms with Crippen molar-refractivity contribution in [3.8, 4) is 0 Å². The van der Waals surface area contributed by atoms with E-state index in [-0.39, 0.29) is 6.10 Å². The molecule has 0 amide bonds. The van der Waals surface area contributed by atoms with Crippen LogP contribution in [0.3, 0.4) is 0 Å². The van der Waals surface area contributed by atoms with Crippen LogP contribution in [0.5, 0.6) is 0 Å². The van der Waals surface area contributed by atoms with Crippen LogP contribution in [0.2, 0.25) is 0 Å². The average Bonchev–Trinajstić information content (AvgIpc) is 1.86. The molecule has 0 rings (SSSR count). The summed E-state index contributed by atoms with van der Waals surface area (Å²) in [6.45, 7) is 10.8. The number of ether oxygens (including phenoxy) is 1. The second kappa shape index (κ2) is 4.79. The highest BCUT2D eigenvalue weighted by Gasteiger charge is 1.95. The van der Waals surface area contributed by atoms with E-state index in [0.717, 1.165) is 0 Å². The summed E-state index contributed by atoms with van der Waals surface area (Å²) in [6, 6.07) is 0. The standard InChI is InChI=1S/C8H13NO/c1-5-8(9-6-2)10-7(3)4/h5-7H,1-2H2,3-4H3. The highest BCUT2D eigenvalue weighted by molar-refractivity contribution is 5.87. The third-order valence-electron chi connectivity index (χ3n) is 0.750. The van der Waals surface area contributed by atoms with Gasteiger partial charge < -0.3 is 4.74 Å². The average molecular weight is 139 g/mol. The van der Waals surface area contributed by atoms with Gasteiger partial charge in [-0.3, -0.25) is 0 Å². The van der Waals surface area contributed by atoms with Crippen molar-refractivity contribution in [3.05, 3.63) is 25.4 Å². The number of aliphatic imine (C=N–C) groups is 1. The van der Waals surface area contributed by atoms with E-state index in [9.17, 15) is 0 Å². The van der Waals surface area contributed by atoms with E-state index in [1.54, 1.807) is 6.08 Å². The van der Waals surface area contributed by atoms with Crippen molar-refractivity contribution >= 4 is 5.90 Å². The number of nitrogens with zero attached hydrogens (tertiary/aromatic N) is 1. The third kappa shape index (κ3) is 3.89. The van der Waals surface area contributed by atoms with E-state index in [1.165, 1.54) is 6.20 Å². The molecule has 56 valence electrons. The molecule has 0 aliphatic rings. The van der Waals surface area contributed by atoms with Gasteiger partial charge in [-0.2, -0.15) is 0 Å². The van der Waals surface area contributed by atoms with Crippen molar-refractivity contribution in [3.63, 3.8) is 0 Å². The lowest BCUT2D eigenvalue weighted by Gasteiger charge is -2.07. The van der Waals surface area contributed by atoms with Crippen molar-refractivity contribution in [1.82, 2.24) is 0 Å². The number of hydrogen-bond acceptors (Lipinski definition) is 2. The van der Waals surface area contributed by atoms with Crippen LogP contribution in [-0.2, 0) is 4.74 Å². The second-order valence-corrected chi connectivity index (χ2v) is 2.02. The van der Waals surface area contributed by atoms with Crippen molar-refractivity contribution < 1.29 is 4.74 Å². The minimum absolute atomic E-state index is 0.136. The van der Waals surface area contributed by atoms with Gasteiger partial charge in [-0.05, 0) is 19.9 Å². The summed E-state index contributed by atoms with van der Waals surface area (Å²) in [6.07, 6.45) is 3.12. The predicted octanol–water partition coefficient (Wildman–Crippen LogP) is 2.14. The van der Waals surface area contributed by atoms with Gasteiger partial charge in [-0.25, -0.2) is 4.99 Å². The molecule has 0 fully saturated rings. The molecular weight excluding hydrogens is 126 g/mol. The van der Waals surface area contributed by atoms with Crippen LogP contribution >= 0.6 is 0 Å². The lowest BCUT2D eigenvalue weighted by molar-refractivity contribution is 0.231. The Morgan fingerprint density at radius 2 is 2.10 bits per heavy atom. The quantitative estimate of drug-likeness (QED) is 0.433. The Morgan fingerprint density at radius 1 is 1.50 bits per heavy atom. The fraction of sp³-hybridized carbons (Fsp3) is 0.375. The molecule has 0 aliphatic heterocycles. The van der Waals surface area contributed by atoms with Crippen molar-refractivity contribution in [1.29, 1.82) is 0 Å². The Balaban J connectivity index is 3.95. The summed E-state index contributed by atoms with van der Waals surface area (Å²) in [5.74, 6) is 0.519. The highest BCUT2D eigenvalue weighted by Crippen LogP contribution is 1.92. The first-order valence-electron chi connectivity index (χ1n) is 3.18. The first kappa shape index (κ1) is 8.95. The molecule has 0 spiro atoms. The second-order valence-electron chi connectivity index (χ2n) is 2.02. The minimum Gasteiger partial charge on any atom is -0.475 e. The fourth-order valence-electron chi connectivity index (χ4n) is 0.463. The van der Waals surface area contributed by atoms with E-state index >= 15 is 0 Å². The summed E-state index contributed by atoms with van der Waals surface area (Å²) < 4.78 is 5.20. The normalized spacial score (nSPS) is 11.3. The highest BCUT2D eigenvalue weighted by atomic mass is 16.5. The van der Waals surface area contributed by atoms with Gasteiger partial charge in [-0.15, -0.1) is 0 Å². The number of hydrogen-bond donors (Lipinski definition) is 0. The maximum atomic E-state index is 5.20. The minimum atomic E-state index is 0.136. The van der Waals surface area contributed by atoms with Gasteiger partial charge in [0, 0.05) is 6.20 Å². The summed E-state index contributed by atoms with van der Waals surface area (Å²) in [4.78, 5) is 3.82. The molecule has 0 aromatic heterocycles. The molecule has 2 heteroatoms. The summed E-state index contributed by atoms with van der Waals surface area (Å²) in [7, 11) is 0. The van der Waals surface area contributed by atoms with Crippen molar-refractivity contribution in [2.24, 2.45) is 4.99 Å². The van der Waals surface area contributed by atoms with E-state index in [0.29, 0.717) is 5.90 Å². The van der Waals surface area contributed by atoms with Crippen LogP contribution in [-0.4, -0.2) is 12.0 Å². The lowest BCUT2D eigenvalue weighted by Crippen LogP contribution is -2.08. The molecule has 0 saturated heterocycles. The zero-order valence-corrected chi connectivity index (χ0v) is 6.50. The van der Waals surface area contributed by atoms with Crippen LogP contribution in [0.25, 0.3) is 0 Å². The van der Waals surface area contributed by atoms with Crippen molar-refractivity contribution in [2.45, 2.75) is 20.0 Å². The molecule has 0 atom stereocenters. The molecule has 0 bridgehead atoms. The lowest BCUT2D eigenvalue weighted by atomic mass is 10.5. The van der Waals surface area contributed by atoms with Gasteiger partial charge in [0.15, 0.2) is 0 Å². The molecule has 0 aliphatic carbocycles. The molecule has 0 radical (unpaired) electrons. The Morgan fingerprint density at radius 3 is 2.40 bits per heavy atom. The molecule has 10 heavy (non-hydrogen) atoms. The SMILES string of the molecule is C=CN=C(C=C)OC(C)C. The molecule has 0 aromatic carbocycles. The molecule has 0 N–H and O–H groups in total. The zero-order chi connectivity index (χ0) is 7.98. The zero-order valence-electron chi connectivity index (χ0n) is 6.50. The Hall–Kier alpha value is -1.05. The van der Waals surface area contributed by atoms with Gasteiger partial charge in [0.1, 0.15) is 0 Å². The summed E-state index contributed by atoms with van der Waals surface area (Å²) in [5, 5.41) is 0. The Kier molecular flexibility index (Phi) is 4.29. The molecule has 0 aromatic rings. The van der Waals surface area contributed by atoms with Crippen LogP contribution in [0.4, 0.5) is 0 Å². The largest absolute Gasteiger partial charge is 0.475 e. The molecule has 0 saturated carbocycles. The van der Waals surface area contributed by atoms with Gasteiger partial charge in [0.2, 0.25) is 5.90 Å². The first-order chi connectivity index (χ1) is 4.70. The number of rotatable bonds is 3. The predicted molar refractivity (Wildman–Crippen MR) is 44.1 cm³/mol. The van der Waals surface area contributed by atoms with Crippen LogP contribution in [0.1, 0.15) is 13.8 Å². The molecule has 0 unspecified atom stereocenters. The molecular formula is C8H13NO. The summed E-state index contributed by atoms with van der Waals surface area (Å²) in [5.41, 5.74) is 0. The fourth-order valence-corrected chi connectivity index (χ4v) is 0.463. The van der Waals surface area contributed by atoms with Crippen LogP contribution in [0.15, 0.2) is 30.4 Å². The first-order valence-corrected chi connectivity index (χ1v) is 3.18. The smallest absolute Gasteiger partial charge is 0.212 e. The topological polar surface area (TPSA) is 21.6 Å². The van der Waals surface area contributed by atoms with Gasteiger partial charge in [0.05, 0.1) is 6.10 Å². The van der Waals surface area contributed by atoms with Crippen LogP contribution in [0, 0.1) is 0 Å². The van der Waals surface area contributed by atoms with E-state index in [2.05, 4.69) is 18.2 Å². The third-order valence-corrected chi connectivity index (χ3v) is 0.750. The Bertz CT molecular complexity index is 147. The van der Waals surface area contributed by atoms with E-state index < -0.39 is 0 Å². The van der Waals surface area contributed by atoms with E-state index in [4.69, 9.17) is 4.74 Å². The Labute approximate surface area is 61.9 Å². The summed E-state index contributed by atoms with van der Waals surface area (Å²) >= 11 is 0. The van der Waals surface area contributed by atoms with Gasteiger partial charge in [0.25, 0.3) is 0 Å². The maximum absolute atomic E-state index is 5.20.